The molecule has 9 nitrogen and oxygen atoms in total. The number of aromatic nitrogens is 2. The number of nitrogens with one attached hydrogen (secondary N) is 1. The molecule has 4 unspecified atom stereocenters. The Labute approximate surface area is 144 Å². The second-order valence-corrected chi connectivity index (χ2v) is 5.91. The first-order valence-corrected chi connectivity index (χ1v) is 7.87. The highest BCUT2D eigenvalue weighted by Gasteiger charge is 2.44. The number of primary amides is 1. The Balaban J connectivity index is 1.64. The summed E-state index contributed by atoms with van der Waals surface area (Å²) in [6, 6.07) is 9.78. The largest absolute Gasteiger partial charge is 0.387 e. The van der Waals surface area contributed by atoms with E-state index in [4.69, 9.17) is 16.2 Å². The zero-order valence-electron chi connectivity index (χ0n) is 13.4. The molecule has 2 aromatic rings. The Bertz CT molecular complexity index is 735. The van der Waals surface area contributed by atoms with Gasteiger partial charge in [-0.15, -0.1) is 0 Å². The molecule has 1 aromatic carbocycles. The SMILES string of the molecule is NC(=O)c1ncn(C2OC(CNCc3ccccc3)C(O)C2O)c1N. The molecule has 0 saturated carbocycles. The van der Waals surface area contributed by atoms with Crippen molar-refractivity contribution in [2.45, 2.75) is 31.1 Å². The molecule has 1 aromatic heterocycles. The molecule has 1 aliphatic heterocycles. The molecular weight excluding hydrogens is 326 g/mol. The maximum atomic E-state index is 11.2. The van der Waals surface area contributed by atoms with Gasteiger partial charge in [-0.05, 0) is 5.56 Å². The van der Waals surface area contributed by atoms with Crippen LogP contribution in [0.25, 0.3) is 0 Å². The van der Waals surface area contributed by atoms with Crippen LogP contribution in [-0.4, -0.2) is 50.5 Å². The molecule has 2 heterocycles. The fraction of sp³-hybridized carbons (Fsp3) is 0.375. The summed E-state index contributed by atoms with van der Waals surface area (Å²) in [6.45, 7) is 0.939. The van der Waals surface area contributed by atoms with Crippen LogP contribution in [0.15, 0.2) is 36.7 Å². The zero-order chi connectivity index (χ0) is 18.0. The minimum atomic E-state index is -1.21. The summed E-state index contributed by atoms with van der Waals surface area (Å²) < 4.78 is 7.01. The second kappa shape index (κ2) is 7.19. The maximum Gasteiger partial charge on any atom is 0.271 e. The number of carbonyl (C=O) groups excluding carboxylic acids is 1. The number of carbonyl (C=O) groups is 1. The van der Waals surface area contributed by atoms with Crippen LogP contribution >= 0.6 is 0 Å². The van der Waals surface area contributed by atoms with E-state index in [1.807, 2.05) is 30.3 Å². The van der Waals surface area contributed by atoms with Crippen LogP contribution in [0.5, 0.6) is 0 Å². The van der Waals surface area contributed by atoms with Crippen molar-refractivity contribution < 1.29 is 19.7 Å². The Kier molecular flexibility index (Phi) is 5.00. The van der Waals surface area contributed by atoms with Crippen LogP contribution in [0.2, 0.25) is 0 Å². The third kappa shape index (κ3) is 3.49. The number of nitrogens with two attached hydrogens (primary N) is 2. The number of amides is 1. The minimum absolute atomic E-state index is 0.0124. The van der Waals surface area contributed by atoms with Gasteiger partial charge in [-0.1, -0.05) is 30.3 Å². The molecule has 4 atom stereocenters. The number of ether oxygens (including phenoxy) is 1. The molecular formula is C16H21N5O4. The lowest BCUT2D eigenvalue weighted by molar-refractivity contribution is -0.0351. The fourth-order valence-electron chi connectivity index (χ4n) is 2.85. The average Bonchev–Trinajstić information content (AvgIpc) is 3.11. The number of rotatable bonds is 6. The summed E-state index contributed by atoms with van der Waals surface area (Å²) >= 11 is 0. The van der Waals surface area contributed by atoms with Gasteiger partial charge >= 0.3 is 0 Å². The lowest BCUT2D eigenvalue weighted by Crippen LogP contribution is -2.37. The summed E-state index contributed by atoms with van der Waals surface area (Å²) in [5, 5.41) is 23.6. The molecule has 3 rings (SSSR count). The van der Waals surface area contributed by atoms with E-state index in [-0.39, 0.29) is 11.5 Å². The lowest BCUT2D eigenvalue weighted by atomic mass is 10.1. The maximum absolute atomic E-state index is 11.2. The highest BCUT2D eigenvalue weighted by Crippen LogP contribution is 2.31. The molecule has 0 radical (unpaired) electrons. The van der Waals surface area contributed by atoms with Crippen LogP contribution in [0.3, 0.4) is 0 Å². The van der Waals surface area contributed by atoms with Gasteiger partial charge in [0.05, 0.1) is 6.33 Å². The first-order chi connectivity index (χ1) is 12.0. The first kappa shape index (κ1) is 17.4. The monoisotopic (exact) mass is 347 g/mol. The van der Waals surface area contributed by atoms with Gasteiger partial charge < -0.3 is 31.7 Å². The highest BCUT2D eigenvalue weighted by atomic mass is 16.6. The molecule has 1 amide bonds. The number of hydrogen-bond donors (Lipinski definition) is 5. The number of nitrogens with zero attached hydrogens (tertiary/aromatic N) is 2. The minimum Gasteiger partial charge on any atom is -0.387 e. The Hall–Kier alpha value is -2.46. The third-order valence-electron chi connectivity index (χ3n) is 4.19. The molecule has 1 aliphatic rings. The van der Waals surface area contributed by atoms with Crippen molar-refractivity contribution in [3.8, 4) is 0 Å². The van der Waals surface area contributed by atoms with Crippen molar-refractivity contribution in [2.24, 2.45) is 5.73 Å². The topological polar surface area (TPSA) is 149 Å². The summed E-state index contributed by atoms with van der Waals surface area (Å²) in [7, 11) is 0. The van der Waals surface area contributed by atoms with Crippen molar-refractivity contribution in [1.29, 1.82) is 0 Å². The van der Waals surface area contributed by atoms with Crippen LogP contribution in [0.4, 0.5) is 5.82 Å². The van der Waals surface area contributed by atoms with Crippen LogP contribution in [-0.2, 0) is 11.3 Å². The molecule has 1 fully saturated rings. The predicted octanol–water partition coefficient (Wildman–Crippen LogP) is -1.03. The quantitative estimate of drug-likeness (QED) is 0.449. The van der Waals surface area contributed by atoms with Crippen LogP contribution in [0, 0.1) is 0 Å². The number of aliphatic hydroxyl groups is 2. The van der Waals surface area contributed by atoms with Crippen LogP contribution in [0.1, 0.15) is 22.3 Å². The number of hydrogen-bond acceptors (Lipinski definition) is 7. The van der Waals surface area contributed by atoms with Gasteiger partial charge in [-0.2, -0.15) is 0 Å². The van der Waals surface area contributed by atoms with Crippen molar-refractivity contribution in [3.05, 3.63) is 47.9 Å². The Morgan fingerprint density at radius 2 is 2.00 bits per heavy atom. The van der Waals surface area contributed by atoms with Crippen LogP contribution < -0.4 is 16.8 Å². The van der Waals surface area contributed by atoms with Crippen molar-refractivity contribution in [3.63, 3.8) is 0 Å². The van der Waals surface area contributed by atoms with E-state index in [0.717, 1.165) is 5.56 Å². The van der Waals surface area contributed by atoms with Gasteiger partial charge in [0.15, 0.2) is 11.9 Å². The molecule has 0 bridgehead atoms. The molecule has 1 saturated heterocycles. The summed E-state index contributed by atoms with van der Waals surface area (Å²) in [5.41, 5.74) is 12.0. The van der Waals surface area contributed by atoms with E-state index in [0.29, 0.717) is 13.1 Å². The molecule has 9 heteroatoms. The van der Waals surface area contributed by atoms with E-state index in [1.165, 1.54) is 10.9 Å². The smallest absolute Gasteiger partial charge is 0.271 e. The summed E-state index contributed by atoms with van der Waals surface area (Å²) in [6.07, 6.45) is -2.63. The predicted molar refractivity (Wildman–Crippen MR) is 89.2 cm³/mol. The molecule has 7 N–H and O–H groups in total. The summed E-state index contributed by atoms with van der Waals surface area (Å²) in [4.78, 5) is 15.1. The van der Waals surface area contributed by atoms with Crippen molar-refractivity contribution in [1.82, 2.24) is 14.9 Å². The molecule has 0 aliphatic carbocycles. The van der Waals surface area contributed by atoms with Gasteiger partial charge in [-0.3, -0.25) is 9.36 Å². The van der Waals surface area contributed by atoms with E-state index >= 15 is 0 Å². The van der Waals surface area contributed by atoms with Crippen molar-refractivity contribution in [2.75, 3.05) is 12.3 Å². The lowest BCUT2D eigenvalue weighted by Gasteiger charge is -2.17. The van der Waals surface area contributed by atoms with E-state index < -0.39 is 30.4 Å². The third-order valence-corrected chi connectivity index (χ3v) is 4.19. The van der Waals surface area contributed by atoms with Gasteiger partial charge in [-0.25, -0.2) is 4.98 Å². The van der Waals surface area contributed by atoms with Crippen molar-refractivity contribution >= 4 is 11.7 Å². The number of aliphatic hydroxyl groups excluding tert-OH is 2. The normalized spacial score (nSPS) is 26.0. The number of nitrogen functional groups attached to an aromatic ring is 1. The molecule has 134 valence electrons. The van der Waals surface area contributed by atoms with E-state index in [9.17, 15) is 15.0 Å². The standard InChI is InChI=1S/C16H21N5O4/c17-14-11(15(18)24)20-8-21(14)16-13(23)12(22)10(25-16)7-19-6-9-4-2-1-3-5-9/h1-5,8,10,12-13,16,19,22-23H,6-7,17H2,(H2,18,24). The Morgan fingerprint density at radius 1 is 1.28 bits per heavy atom. The number of imidazole rings is 1. The van der Waals surface area contributed by atoms with Gasteiger partial charge in [0.1, 0.15) is 24.1 Å². The zero-order valence-corrected chi connectivity index (χ0v) is 13.4. The van der Waals surface area contributed by atoms with E-state index in [2.05, 4.69) is 10.3 Å². The summed E-state index contributed by atoms with van der Waals surface area (Å²) in [5.74, 6) is -0.785. The van der Waals surface area contributed by atoms with Gasteiger partial charge in [0.25, 0.3) is 5.91 Å². The van der Waals surface area contributed by atoms with E-state index in [1.54, 1.807) is 0 Å². The number of anilines is 1. The second-order valence-electron chi connectivity index (χ2n) is 5.91. The number of benzene rings is 1. The first-order valence-electron chi connectivity index (χ1n) is 7.87. The highest BCUT2D eigenvalue weighted by molar-refractivity contribution is 5.95. The molecule has 25 heavy (non-hydrogen) atoms. The van der Waals surface area contributed by atoms with Gasteiger partial charge in [0, 0.05) is 13.1 Å². The molecule has 0 spiro atoms. The van der Waals surface area contributed by atoms with Gasteiger partial charge in [0.2, 0.25) is 0 Å². The fourth-order valence-corrected chi connectivity index (χ4v) is 2.85. The average molecular weight is 347 g/mol. The Morgan fingerprint density at radius 3 is 2.64 bits per heavy atom.